The SMILES string of the molecule is CCc1ccc2[nH]c(=O)c(CN(Cc3ccc(F)cc3)C(C)=O)cc2c1. The van der Waals surface area contributed by atoms with Crippen LogP contribution in [0.2, 0.25) is 0 Å². The van der Waals surface area contributed by atoms with E-state index in [2.05, 4.69) is 11.9 Å². The summed E-state index contributed by atoms with van der Waals surface area (Å²) in [7, 11) is 0. The number of aromatic nitrogens is 1. The lowest BCUT2D eigenvalue weighted by molar-refractivity contribution is -0.130. The standard InChI is InChI=1S/C21H21FN2O2/c1-3-15-6-9-20-17(10-15)11-18(21(26)23-20)13-24(14(2)25)12-16-4-7-19(22)8-5-16/h4-11H,3,12-13H2,1-2H3,(H,23,26). The molecule has 4 nitrogen and oxygen atoms in total. The van der Waals surface area contributed by atoms with E-state index >= 15 is 0 Å². The summed E-state index contributed by atoms with van der Waals surface area (Å²) in [6.07, 6.45) is 0.911. The second-order valence-corrected chi connectivity index (χ2v) is 6.40. The van der Waals surface area contributed by atoms with Crippen molar-refractivity contribution in [1.29, 1.82) is 0 Å². The second-order valence-electron chi connectivity index (χ2n) is 6.40. The van der Waals surface area contributed by atoms with Gasteiger partial charge in [-0.1, -0.05) is 25.1 Å². The molecule has 0 aliphatic rings. The molecule has 0 saturated heterocycles. The number of halogens is 1. The average molecular weight is 352 g/mol. The van der Waals surface area contributed by atoms with Crippen LogP contribution in [0, 0.1) is 5.82 Å². The predicted molar refractivity (Wildman–Crippen MR) is 100 cm³/mol. The zero-order chi connectivity index (χ0) is 18.7. The molecule has 26 heavy (non-hydrogen) atoms. The molecule has 1 amide bonds. The average Bonchev–Trinajstić information content (AvgIpc) is 2.63. The Morgan fingerprint density at radius 1 is 1.04 bits per heavy atom. The van der Waals surface area contributed by atoms with Gasteiger partial charge in [-0.15, -0.1) is 0 Å². The number of carbonyl (C=O) groups excluding carboxylic acids is 1. The maximum Gasteiger partial charge on any atom is 0.253 e. The first kappa shape index (κ1) is 17.9. The van der Waals surface area contributed by atoms with Crippen LogP contribution in [0.25, 0.3) is 10.9 Å². The van der Waals surface area contributed by atoms with Crippen molar-refractivity contribution in [3.8, 4) is 0 Å². The number of aromatic amines is 1. The highest BCUT2D eigenvalue weighted by atomic mass is 19.1. The van der Waals surface area contributed by atoms with E-state index in [1.807, 2.05) is 24.3 Å². The number of H-pyrrole nitrogens is 1. The minimum absolute atomic E-state index is 0.142. The Kier molecular flexibility index (Phi) is 5.16. The third kappa shape index (κ3) is 3.99. The molecule has 0 fully saturated rings. The number of hydrogen-bond acceptors (Lipinski definition) is 2. The van der Waals surface area contributed by atoms with E-state index in [9.17, 15) is 14.0 Å². The van der Waals surface area contributed by atoms with Crippen LogP contribution in [0.1, 0.15) is 30.5 Å². The van der Waals surface area contributed by atoms with Gasteiger partial charge in [0.25, 0.3) is 5.56 Å². The molecule has 0 aliphatic carbocycles. The summed E-state index contributed by atoms with van der Waals surface area (Å²) in [4.78, 5) is 28.9. The number of nitrogens with zero attached hydrogens (tertiary/aromatic N) is 1. The van der Waals surface area contributed by atoms with Crippen molar-refractivity contribution in [3.05, 3.63) is 81.4 Å². The molecule has 0 bridgehead atoms. The molecule has 2 aromatic carbocycles. The predicted octanol–water partition coefficient (Wildman–Crippen LogP) is 3.78. The van der Waals surface area contributed by atoms with Crippen LogP contribution in [-0.2, 0) is 24.3 Å². The molecule has 0 radical (unpaired) electrons. The molecule has 134 valence electrons. The molecule has 0 saturated carbocycles. The fraction of sp³-hybridized carbons (Fsp3) is 0.238. The Hall–Kier alpha value is -2.95. The van der Waals surface area contributed by atoms with Crippen molar-refractivity contribution < 1.29 is 9.18 Å². The smallest absolute Gasteiger partial charge is 0.253 e. The first-order valence-corrected chi connectivity index (χ1v) is 8.61. The Morgan fingerprint density at radius 3 is 2.38 bits per heavy atom. The summed E-state index contributed by atoms with van der Waals surface area (Å²) in [6, 6.07) is 13.8. The Bertz CT molecular complexity index is 993. The minimum Gasteiger partial charge on any atom is -0.334 e. The van der Waals surface area contributed by atoms with Crippen molar-refractivity contribution in [1.82, 2.24) is 9.88 Å². The molecule has 1 N–H and O–H groups in total. The van der Waals surface area contributed by atoms with E-state index in [0.717, 1.165) is 22.9 Å². The maximum atomic E-state index is 13.1. The highest BCUT2D eigenvalue weighted by Crippen LogP contribution is 2.16. The summed E-state index contributed by atoms with van der Waals surface area (Å²) in [5.41, 5.74) is 3.11. The van der Waals surface area contributed by atoms with Crippen LogP contribution in [0.3, 0.4) is 0 Å². The van der Waals surface area contributed by atoms with E-state index in [-0.39, 0.29) is 23.8 Å². The van der Waals surface area contributed by atoms with Crippen molar-refractivity contribution in [3.63, 3.8) is 0 Å². The monoisotopic (exact) mass is 352 g/mol. The lowest BCUT2D eigenvalue weighted by Gasteiger charge is -2.21. The van der Waals surface area contributed by atoms with Crippen LogP contribution >= 0.6 is 0 Å². The normalized spacial score (nSPS) is 10.9. The zero-order valence-electron chi connectivity index (χ0n) is 14.9. The fourth-order valence-electron chi connectivity index (χ4n) is 2.93. The summed E-state index contributed by atoms with van der Waals surface area (Å²) in [5, 5.41) is 0.948. The van der Waals surface area contributed by atoms with Gasteiger partial charge in [-0.25, -0.2) is 4.39 Å². The number of aryl methyl sites for hydroxylation is 1. The molecule has 0 spiro atoms. The molecule has 3 rings (SSSR count). The number of rotatable bonds is 5. The third-order valence-electron chi connectivity index (χ3n) is 4.49. The first-order chi connectivity index (χ1) is 12.5. The van der Waals surface area contributed by atoms with E-state index in [1.54, 1.807) is 17.0 Å². The van der Waals surface area contributed by atoms with E-state index in [1.165, 1.54) is 24.6 Å². The summed E-state index contributed by atoms with van der Waals surface area (Å²) in [6.45, 7) is 4.07. The second kappa shape index (κ2) is 7.52. The maximum absolute atomic E-state index is 13.1. The lowest BCUT2D eigenvalue weighted by atomic mass is 10.1. The van der Waals surface area contributed by atoms with Crippen LogP contribution in [0.15, 0.2) is 53.3 Å². The number of benzene rings is 2. The zero-order valence-corrected chi connectivity index (χ0v) is 14.9. The quantitative estimate of drug-likeness (QED) is 0.760. The number of hydrogen-bond donors (Lipinski definition) is 1. The molecular weight excluding hydrogens is 331 g/mol. The summed E-state index contributed by atoms with van der Waals surface area (Å²) < 4.78 is 13.1. The number of pyridine rings is 1. The van der Waals surface area contributed by atoms with Gasteiger partial charge in [0.1, 0.15) is 5.82 Å². The number of carbonyl (C=O) groups is 1. The van der Waals surface area contributed by atoms with Crippen LogP contribution in [0.4, 0.5) is 4.39 Å². The fourth-order valence-corrected chi connectivity index (χ4v) is 2.93. The van der Waals surface area contributed by atoms with Gasteiger partial charge in [0.2, 0.25) is 5.91 Å². The largest absolute Gasteiger partial charge is 0.334 e. The minimum atomic E-state index is -0.319. The number of fused-ring (bicyclic) bond motifs is 1. The van der Waals surface area contributed by atoms with Gasteiger partial charge in [-0.2, -0.15) is 0 Å². The van der Waals surface area contributed by atoms with Crippen molar-refractivity contribution >= 4 is 16.8 Å². The topological polar surface area (TPSA) is 53.2 Å². The molecule has 5 heteroatoms. The molecule has 0 aliphatic heterocycles. The van der Waals surface area contributed by atoms with Crippen molar-refractivity contribution in [2.24, 2.45) is 0 Å². The summed E-state index contributed by atoms with van der Waals surface area (Å²) >= 11 is 0. The van der Waals surface area contributed by atoms with Crippen LogP contribution < -0.4 is 5.56 Å². The highest BCUT2D eigenvalue weighted by Gasteiger charge is 2.13. The van der Waals surface area contributed by atoms with Gasteiger partial charge in [0.05, 0.1) is 6.54 Å². The number of amides is 1. The molecule has 1 aromatic heterocycles. The third-order valence-corrected chi connectivity index (χ3v) is 4.49. The molecule has 1 heterocycles. The Morgan fingerprint density at radius 2 is 1.73 bits per heavy atom. The summed E-state index contributed by atoms with van der Waals surface area (Å²) in [5.74, 6) is -0.461. The molecular formula is C21H21FN2O2. The lowest BCUT2D eigenvalue weighted by Crippen LogP contribution is -2.30. The van der Waals surface area contributed by atoms with Crippen LogP contribution in [0.5, 0.6) is 0 Å². The van der Waals surface area contributed by atoms with Gasteiger partial charge in [-0.05, 0) is 53.3 Å². The first-order valence-electron chi connectivity index (χ1n) is 8.61. The highest BCUT2D eigenvalue weighted by molar-refractivity contribution is 5.80. The Balaban J connectivity index is 1.90. The van der Waals surface area contributed by atoms with Crippen molar-refractivity contribution in [2.75, 3.05) is 0 Å². The van der Waals surface area contributed by atoms with Gasteiger partial charge in [0.15, 0.2) is 0 Å². The van der Waals surface area contributed by atoms with E-state index < -0.39 is 0 Å². The van der Waals surface area contributed by atoms with Gasteiger partial charge in [0, 0.05) is 24.5 Å². The van der Waals surface area contributed by atoms with E-state index in [0.29, 0.717) is 12.1 Å². The number of nitrogens with one attached hydrogen (secondary N) is 1. The van der Waals surface area contributed by atoms with Gasteiger partial charge >= 0.3 is 0 Å². The molecule has 3 aromatic rings. The molecule has 0 unspecified atom stereocenters. The van der Waals surface area contributed by atoms with Gasteiger partial charge in [-0.3, -0.25) is 9.59 Å². The van der Waals surface area contributed by atoms with Gasteiger partial charge < -0.3 is 9.88 Å². The Labute approximate surface area is 151 Å². The molecule has 0 atom stereocenters. The van der Waals surface area contributed by atoms with Crippen LogP contribution in [-0.4, -0.2) is 15.8 Å². The van der Waals surface area contributed by atoms with Crippen molar-refractivity contribution in [2.45, 2.75) is 33.4 Å². The van der Waals surface area contributed by atoms with E-state index in [4.69, 9.17) is 0 Å².